The summed E-state index contributed by atoms with van der Waals surface area (Å²) in [5.41, 5.74) is 1.19. The normalized spacial score (nSPS) is 22.1. The van der Waals surface area contributed by atoms with Crippen LogP contribution in [0.3, 0.4) is 0 Å². The molecule has 2 fully saturated rings. The molecule has 2 unspecified atom stereocenters. The number of likely N-dealkylation sites (tertiary alicyclic amines) is 1. The van der Waals surface area contributed by atoms with Crippen molar-refractivity contribution in [2.24, 2.45) is 17.8 Å². The molecule has 4 atom stereocenters. The van der Waals surface area contributed by atoms with E-state index in [1.54, 1.807) is 6.92 Å². The van der Waals surface area contributed by atoms with E-state index in [9.17, 15) is 18.9 Å². The molecule has 1 amide bonds. The van der Waals surface area contributed by atoms with Crippen LogP contribution < -0.4 is 0 Å². The van der Waals surface area contributed by atoms with Crippen molar-refractivity contribution in [2.45, 2.75) is 97.3 Å². The molecule has 1 aromatic carbocycles. The van der Waals surface area contributed by atoms with Crippen molar-refractivity contribution in [3.63, 3.8) is 0 Å². The zero-order chi connectivity index (χ0) is 29.1. The second-order valence-electron chi connectivity index (χ2n) is 11.6. The summed E-state index contributed by atoms with van der Waals surface area (Å²) in [6.45, 7) is 5.76. The number of esters is 1. The Labute approximate surface area is 245 Å². The van der Waals surface area contributed by atoms with E-state index in [1.807, 2.05) is 32.0 Å². The number of amides is 1. The van der Waals surface area contributed by atoms with Gasteiger partial charge in [0.1, 0.15) is 12.2 Å². The van der Waals surface area contributed by atoms with Gasteiger partial charge in [-0.15, -0.1) is 0 Å². The molecule has 0 spiro atoms. The van der Waals surface area contributed by atoms with Crippen LogP contribution in [0.15, 0.2) is 30.3 Å². The third kappa shape index (κ3) is 9.63. The molecule has 10 heteroatoms. The number of unbranched alkanes of at least 4 members (excludes halogenated alkanes) is 1. The van der Waals surface area contributed by atoms with Crippen LogP contribution in [0.4, 0.5) is 0 Å². The lowest BCUT2D eigenvalue weighted by Crippen LogP contribution is -2.42. The average Bonchev–Trinajstić information content (AvgIpc) is 3.41. The van der Waals surface area contributed by atoms with Gasteiger partial charge in [0.05, 0.1) is 0 Å². The molecule has 2 aliphatic rings. The van der Waals surface area contributed by atoms with Crippen LogP contribution in [-0.2, 0) is 38.8 Å². The lowest BCUT2D eigenvalue weighted by atomic mass is 9.79. The highest BCUT2D eigenvalue weighted by molar-refractivity contribution is 7.75. The number of hydrogen-bond donors (Lipinski definition) is 1. The molecule has 1 heterocycles. The Morgan fingerprint density at radius 1 is 1.05 bits per heavy atom. The lowest BCUT2D eigenvalue weighted by molar-refractivity contribution is -0.169. The second kappa shape index (κ2) is 16.0. The standard InChI is InChI=1S/C30H46NO7PS/c1-4-28(33)36-30(22(2)3)37-39(35,18-12-11-15-23-13-7-5-8-14-23)21-27(32)31-20-25(19-26(31)29(34)38-40)24-16-9-6-10-17-24/h5,7-8,13-14,22,24-26,30,40H,4,6,9-12,15-21H2,1-3H3/t25-,26+,30?,39?/m1/s1. The predicted molar refractivity (Wildman–Crippen MR) is 158 cm³/mol. The van der Waals surface area contributed by atoms with Crippen LogP contribution >= 0.6 is 20.3 Å². The summed E-state index contributed by atoms with van der Waals surface area (Å²) in [4.78, 5) is 40.0. The van der Waals surface area contributed by atoms with Gasteiger partial charge in [-0.25, -0.2) is 4.79 Å². The maximum atomic E-state index is 14.3. The van der Waals surface area contributed by atoms with E-state index in [1.165, 1.54) is 16.9 Å². The van der Waals surface area contributed by atoms with E-state index in [2.05, 4.69) is 25.0 Å². The summed E-state index contributed by atoms with van der Waals surface area (Å²) in [6.07, 6.45) is 7.41. The highest BCUT2D eigenvalue weighted by Gasteiger charge is 2.45. The van der Waals surface area contributed by atoms with Gasteiger partial charge in [-0.1, -0.05) is 83.2 Å². The van der Waals surface area contributed by atoms with E-state index >= 15 is 0 Å². The first-order valence-electron chi connectivity index (χ1n) is 14.8. The molecule has 0 radical (unpaired) electrons. The summed E-state index contributed by atoms with van der Waals surface area (Å²) in [6, 6.07) is 9.29. The number of thiol groups is 1. The van der Waals surface area contributed by atoms with Gasteiger partial charge in [0, 0.05) is 38.0 Å². The van der Waals surface area contributed by atoms with E-state index < -0.39 is 37.5 Å². The molecule has 8 nitrogen and oxygen atoms in total. The summed E-state index contributed by atoms with van der Waals surface area (Å²) >= 11 is 3.72. The molecule has 1 aliphatic carbocycles. The van der Waals surface area contributed by atoms with Gasteiger partial charge >= 0.3 is 11.9 Å². The molecule has 1 aromatic rings. The first-order valence-corrected chi connectivity index (χ1v) is 17.2. The smallest absolute Gasteiger partial charge is 0.340 e. The molecule has 0 bridgehead atoms. The van der Waals surface area contributed by atoms with Crippen LogP contribution in [0, 0.1) is 17.8 Å². The van der Waals surface area contributed by atoms with Gasteiger partial charge in [0.25, 0.3) is 0 Å². The molecular weight excluding hydrogens is 549 g/mol. The number of benzene rings is 1. The number of carbonyl (C=O) groups is 3. The fraction of sp³-hybridized carbons (Fsp3) is 0.700. The van der Waals surface area contributed by atoms with Crippen molar-refractivity contribution < 1.29 is 32.4 Å². The van der Waals surface area contributed by atoms with Gasteiger partial charge in [-0.2, -0.15) is 0 Å². The third-order valence-electron chi connectivity index (χ3n) is 8.14. The lowest BCUT2D eigenvalue weighted by Gasteiger charge is -2.30. The van der Waals surface area contributed by atoms with E-state index in [0.29, 0.717) is 25.3 Å². The van der Waals surface area contributed by atoms with Crippen LogP contribution in [0.5, 0.6) is 0 Å². The number of nitrogens with zero attached hydrogens (tertiary/aromatic N) is 1. The van der Waals surface area contributed by atoms with Crippen LogP contribution in [0.2, 0.25) is 0 Å². The second-order valence-corrected chi connectivity index (χ2v) is 14.4. The fourth-order valence-corrected chi connectivity index (χ4v) is 8.27. The van der Waals surface area contributed by atoms with E-state index in [4.69, 9.17) is 13.4 Å². The van der Waals surface area contributed by atoms with Gasteiger partial charge in [0.15, 0.2) is 0 Å². The largest absolute Gasteiger partial charge is 0.435 e. The van der Waals surface area contributed by atoms with Crippen LogP contribution in [0.1, 0.15) is 84.1 Å². The zero-order valence-electron chi connectivity index (χ0n) is 24.2. The molecule has 0 aromatic heterocycles. The minimum Gasteiger partial charge on any atom is -0.435 e. The molecule has 1 aliphatic heterocycles. The number of aryl methyl sites for hydroxylation is 1. The van der Waals surface area contributed by atoms with E-state index in [-0.39, 0.29) is 30.6 Å². The Morgan fingerprint density at radius 3 is 2.38 bits per heavy atom. The van der Waals surface area contributed by atoms with Gasteiger partial charge < -0.3 is 13.8 Å². The Balaban J connectivity index is 1.75. The Kier molecular flexibility index (Phi) is 13.1. The molecular formula is C30H46NO7PS. The van der Waals surface area contributed by atoms with Crippen molar-refractivity contribution in [3.8, 4) is 0 Å². The Morgan fingerprint density at radius 2 is 1.75 bits per heavy atom. The molecule has 3 rings (SSSR count). The maximum absolute atomic E-state index is 14.3. The van der Waals surface area contributed by atoms with Crippen molar-refractivity contribution in [1.82, 2.24) is 4.90 Å². The number of carbonyl (C=O) groups excluding carboxylic acids is 3. The van der Waals surface area contributed by atoms with Crippen molar-refractivity contribution >= 4 is 38.1 Å². The van der Waals surface area contributed by atoms with Crippen molar-refractivity contribution in [2.75, 3.05) is 18.9 Å². The number of ether oxygens (including phenoxy) is 1. The Bertz CT molecular complexity index is 1010. The quantitative estimate of drug-likeness (QED) is 0.0661. The molecule has 0 N–H and O–H groups in total. The topological polar surface area (TPSA) is 99.2 Å². The summed E-state index contributed by atoms with van der Waals surface area (Å²) in [7, 11) is -3.58. The number of rotatable bonds is 14. The van der Waals surface area contributed by atoms with Crippen molar-refractivity contribution in [3.05, 3.63) is 35.9 Å². The number of hydrogen-bond acceptors (Lipinski definition) is 8. The summed E-state index contributed by atoms with van der Waals surface area (Å²) < 4.78 is 30.6. The fourth-order valence-electron chi connectivity index (χ4n) is 5.85. The molecule has 1 saturated heterocycles. The molecule has 40 heavy (non-hydrogen) atoms. The summed E-state index contributed by atoms with van der Waals surface area (Å²) in [5.74, 6) is -1.00. The summed E-state index contributed by atoms with van der Waals surface area (Å²) in [5, 5.41) is 0. The zero-order valence-corrected chi connectivity index (χ0v) is 26.0. The third-order valence-corrected chi connectivity index (χ3v) is 10.7. The highest BCUT2D eigenvalue weighted by Crippen LogP contribution is 2.51. The Hall–Kier alpha value is -1.83. The molecule has 1 saturated carbocycles. The predicted octanol–water partition coefficient (Wildman–Crippen LogP) is 6.42. The first kappa shape index (κ1) is 32.7. The minimum atomic E-state index is -3.58. The SMILES string of the molecule is CCC(=O)OC(OP(=O)(CCCCc1ccccc1)CC(=O)N1C[C@H](C2CCCCC2)C[C@H]1C(=O)OS)C(C)C. The molecule has 224 valence electrons. The monoisotopic (exact) mass is 595 g/mol. The maximum Gasteiger partial charge on any atom is 0.340 e. The van der Waals surface area contributed by atoms with Gasteiger partial charge in [-0.3, -0.25) is 18.7 Å². The highest BCUT2D eigenvalue weighted by atomic mass is 32.1. The van der Waals surface area contributed by atoms with Crippen LogP contribution in [-0.4, -0.2) is 53.9 Å². The minimum absolute atomic E-state index is 0.163. The van der Waals surface area contributed by atoms with Gasteiger partial charge in [-0.05, 0) is 43.1 Å². The van der Waals surface area contributed by atoms with Gasteiger partial charge in [0.2, 0.25) is 19.6 Å². The average molecular weight is 596 g/mol. The van der Waals surface area contributed by atoms with Crippen LogP contribution in [0.25, 0.3) is 0 Å². The van der Waals surface area contributed by atoms with Crippen molar-refractivity contribution in [1.29, 1.82) is 0 Å². The van der Waals surface area contributed by atoms with E-state index in [0.717, 1.165) is 38.5 Å². The first-order chi connectivity index (χ1) is 19.2.